The molecule has 2 heterocycles. The lowest BCUT2D eigenvalue weighted by molar-refractivity contribution is 0.416. The first-order chi connectivity index (χ1) is 13.7. The zero-order valence-corrected chi connectivity index (χ0v) is 15.0. The third kappa shape index (κ3) is 3.17. The molecule has 0 atom stereocenters. The molecule has 0 unspecified atom stereocenters. The van der Waals surface area contributed by atoms with Gasteiger partial charge in [0.25, 0.3) is 0 Å². The molecule has 138 valence electrons. The number of ether oxygens (including phenoxy) is 1. The van der Waals surface area contributed by atoms with E-state index < -0.39 is 0 Å². The number of rotatable bonds is 5. The summed E-state index contributed by atoms with van der Waals surface area (Å²) in [4.78, 5) is 12.8. The van der Waals surface area contributed by atoms with Gasteiger partial charge >= 0.3 is 5.69 Å². The second kappa shape index (κ2) is 7.25. The first-order valence-corrected chi connectivity index (χ1v) is 8.50. The summed E-state index contributed by atoms with van der Waals surface area (Å²) >= 11 is 0. The average Bonchev–Trinajstić information content (AvgIpc) is 3.38. The van der Waals surface area contributed by atoms with Crippen molar-refractivity contribution >= 4 is 0 Å². The minimum atomic E-state index is -0.277. The third-order valence-electron chi connectivity index (χ3n) is 4.38. The van der Waals surface area contributed by atoms with Crippen LogP contribution in [0, 0.1) is 11.3 Å². The van der Waals surface area contributed by atoms with E-state index in [1.165, 1.54) is 15.6 Å². The maximum Gasteiger partial charge on any atom is 0.350 e. The highest BCUT2D eigenvalue weighted by Crippen LogP contribution is 2.30. The van der Waals surface area contributed by atoms with E-state index in [1.54, 1.807) is 49.8 Å². The van der Waals surface area contributed by atoms with E-state index >= 15 is 0 Å². The quantitative estimate of drug-likeness (QED) is 0.579. The lowest BCUT2D eigenvalue weighted by Crippen LogP contribution is -2.24. The summed E-state index contributed by atoms with van der Waals surface area (Å²) in [7, 11) is 1.58. The van der Waals surface area contributed by atoms with Gasteiger partial charge in [-0.1, -0.05) is 12.1 Å². The Bertz CT molecular complexity index is 1210. The number of nitrogens with zero attached hydrogens (tertiary/aromatic N) is 5. The highest BCUT2D eigenvalue weighted by molar-refractivity contribution is 5.70. The van der Waals surface area contributed by atoms with Gasteiger partial charge in [0.15, 0.2) is 0 Å². The second-order valence-corrected chi connectivity index (χ2v) is 6.14. The van der Waals surface area contributed by atoms with E-state index in [0.29, 0.717) is 23.5 Å². The molecule has 0 aliphatic rings. The SMILES string of the molecule is COc1cc(-n2ncn(Cc3cccc(C#N)c3)c2=O)ccc1-c1cn[nH]c1. The zero-order valence-electron chi connectivity index (χ0n) is 15.0. The van der Waals surface area contributed by atoms with Crippen LogP contribution < -0.4 is 10.4 Å². The zero-order chi connectivity index (χ0) is 19.5. The summed E-state index contributed by atoms with van der Waals surface area (Å²) in [6.45, 7) is 0.332. The van der Waals surface area contributed by atoms with Crippen molar-refractivity contribution in [2.45, 2.75) is 6.54 Å². The molecule has 4 rings (SSSR count). The Balaban J connectivity index is 1.67. The van der Waals surface area contributed by atoms with Crippen LogP contribution in [-0.2, 0) is 6.54 Å². The average molecular weight is 372 g/mol. The van der Waals surface area contributed by atoms with Crippen LogP contribution in [0.4, 0.5) is 0 Å². The smallest absolute Gasteiger partial charge is 0.350 e. The molecule has 0 radical (unpaired) electrons. The van der Waals surface area contributed by atoms with Crippen LogP contribution in [0.5, 0.6) is 5.75 Å². The Kier molecular flexibility index (Phi) is 4.48. The van der Waals surface area contributed by atoms with Gasteiger partial charge in [-0.15, -0.1) is 0 Å². The van der Waals surface area contributed by atoms with Crippen LogP contribution >= 0.6 is 0 Å². The van der Waals surface area contributed by atoms with Crippen LogP contribution in [0.1, 0.15) is 11.1 Å². The topological polar surface area (TPSA) is 102 Å². The molecule has 0 saturated heterocycles. The predicted molar refractivity (Wildman–Crippen MR) is 102 cm³/mol. The third-order valence-corrected chi connectivity index (χ3v) is 4.38. The van der Waals surface area contributed by atoms with Gasteiger partial charge in [-0.05, 0) is 29.8 Å². The highest BCUT2D eigenvalue weighted by atomic mass is 16.5. The van der Waals surface area contributed by atoms with Crippen molar-refractivity contribution in [3.8, 4) is 28.6 Å². The summed E-state index contributed by atoms with van der Waals surface area (Å²) in [6, 6.07) is 14.7. The molecular weight excluding hydrogens is 356 g/mol. The molecule has 0 aliphatic carbocycles. The van der Waals surface area contributed by atoms with E-state index in [2.05, 4.69) is 21.4 Å². The molecule has 0 spiro atoms. The lowest BCUT2D eigenvalue weighted by Gasteiger charge is -2.09. The molecule has 2 aromatic carbocycles. The maximum atomic E-state index is 12.8. The largest absolute Gasteiger partial charge is 0.496 e. The molecule has 0 aliphatic heterocycles. The van der Waals surface area contributed by atoms with Crippen LogP contribution in [0.15, 0.2) is 66.0 Å². The molecule has 8 nitrogen and oxygen atoms in total. The van der Waals surface area contributed by atoms with Crippen LogP contribution in [0.2, 0.25) is 0 Å². The summed E-state index contributed by atoms with van der Waals surface area (Å²) in [5.41, 5.74) is 3.48. The molecule has 28 heavy (non-hydrogen) atoms. The van der Waals surface area contributed by atoms with Gasteiger partial charge in [-0.3, -0.25) is 9.67 Å². The molecule has 0 saturated carbocycles. The van der Waals surface area contributed by atoms with E-state index in [0.717, 1.165) is 16.7 Å². The normalized spacial score (nSPS) is 10.6. The van der Waals surface area contributed by atoms with Gasteiger partial charge in [-0.25, -0.2) is 4.79 Å². The molecule has 0 fully saturated rings. The van der Waals surface area contributed by atoms with Crippen molar-refractivity contribution in [1.29, 1.82) is 5.26 Å². The van der Waals surface area contributed by atoms with E-state index in [1.807, 2.05) is 12.1 Å². The van der Waals surface area contributed by atoms with Crippen LogP contribution in [0.25, 0.3) is 16.8 Å². The Hall–Kier alpha value is -4.12. The van der Waals surface area contributed by atoms with Gasteiger partial charge in [0.2, 0.25) is 0 Å². The molecule has 0 bridgehead atoms. The number of aromatic nitrogens is 5. The Morgan fingerprint density at radius 2 is 2.14 bits per heavy atom. The first-order valence-electron chi connectivity index (χ1n) is 8.50. The van der Waals surface area contributed by atoms with Crippen molar-refractivity contribution in [1.82, 2.24) is 24.5 Å². The number of hydrogen-bond donors (Lipinski definition) is 1. The summed E-state index contributed by atoms with van der Waals surface area (Å²) in [6.07, 6.45) is 4.96. The second-order valence-electron chi connectivity index (χ2n) is 6.14. The fraction of sp³-hybridized carbons (Fsp3) is 0.100. The number of H-pyrrole nitrogens is 1. The number of nitrogens with one attached hydrogen (secondary N) is 1. The van der Waals surface area contributed by atoms with Crippen molar-refractivity contribution in [3.05, 3.63) is 82.8 Å². The fourth-order valence-electron chi connectivity index (χ4n) is 3.00. The van der Waals surface area contributed by atoms with E-state index in [4.69, 9.17) is 10.00 Å². The standard InChI is InChI=1S/C20H16N6O2/c1-28-19-8-17(5-6-18(19)16-10-22-23-11-16)26-20(27)25(13-24-26)12-15-4-2-3-14(7-15)9-21/h2-8,10-11,13H,12H2,1H3,(H,22,23). The minimum absolute atomic E-state index is 0.277. The van der Waals surface area contributed by atoms with Crippen LogP contribution in [-0.4, -0.2) is 31.7 Å². The Labute approximate surface area is 160 Å². The highest BCUT2D eigenvalue weighted by Gasteiger charge is 2.12. The van der Waals surface area contributed by atoms with Gasteiger partial charge in [0.1, 0.15) is 12.1 Å². The summed E-state index contributed by atoms with van der Waals surface area (Å²) in [5, 5.41) is 20.0. The Morgan fingerprint density at radius 1 is 1.25 bits per heavy atom. The number of benzene rings is 2. The lowest BCUT2D eigenvalue weighted by atomic mass is 10.1. The number of nitriles is 1. The molecular formula is C20H16N6O2. The maximum absolute atomic E-state index is 12.8. The molecule has 2 aromatic heterocycles. The Morgan fingerprint density at radius 3 is 2.89 bits per heavy atom. The molecule has 0 amide bonds. The molecule has 1 N–H and O–H groups in total. The number of hydrogen-bond acceptors (Lipinski definition) is 5. The monoisotopic (exact) mass is 372 g/mol. The van der Waals surface area contributed by atoms with Crippen molar-refractivity contribution in [3.63, 3.8) is 0 Å². The van der Waals surface area contributed by atoms with Gasteiger partial charge in [0, 0.05) is 23.4 Å². The first kappa shape index (κ1) is 17.3. The predicted octanol–water partition coefficient (Wildman–Crippen LogP) is 2.35. The van der Waals surface area contributed by atoms with Crippen molar-refractivity contribution in [2.24, 2.45) is 0 Å². The van der Waals surface area contributed by atoms with Gasteiger partial charge < -0.3 is 4.74 Å². The van der Waals surface area contributed by atoms with E-state index in [9.17, 15) is 4.79 Å². The van der Waals surface area contributed by atoms with Crippen molar-refractivity contribution in [2.75, 3.05) is 7.11 Å². The van der Waals surface area contributed by atoms with Crippen LogP contribution in [0.3, 0.4) is 0 Å². The molecule has 4 aromatic rings. The van der Waals surface area contributed by atoms with Gasteiger partial charge in [0.05, 0.1) is 37.2 Å². The van der Waals surface area contributed by atoms with Crippen molar-refractivity contribution < 1.29 is 4.74 Å². The molecule has 8 heteroatoms. The number of aromatic amines is 1. The van der Waals surface area contributed by atoms with E-state index in [-0.39, 0.29) is 5.69 Å². The minimum Gasteiger partial charge on any atom is -0.496 e. The van der Waals surface area contributed by atoms with Gasteiger partial charge in [-0.2, -0.15) is 20.1 Å². The summed E-state index contributed by atoms with van der Waals surface area (Å²) < 4.78 is 8.29. The number of methoxy groups -OCH3 is 1. The fourth-order valence-corrected chi connectivity index (χ4v) is 3.00. The summed E-state index contributed by atoms with van der Waals surface area (Å²) in [5.74, 6) is 0.613.